The fraction of sp³-hybridized carbons (Fsp3) is 0.625. The molecule has 0 aliphatic carbocycles. The fourth-order valence-electron chi connectivity index (χ4n) is 2.24. The predicted molar refractivity (Wildman–Crippen MR) is 83.4 cm³/mol. The van der Waals surface area contributed by atoms with Crippen LogP contribution in [0.25, 0.3) is 0 Å². The van der Waals surface area contributed by atoms with E-state index in [0.29, 0.717) is 0 Å². The van der Waals surface area contributed by atoms with Gasteiger partial charge in [-0.15, -0.1) is 0 Å². The molecule has 0 unspecified atom stereocenters. The van der Waals surface area contributed by atoms with Crippen molar-refractivity contribution in [1.82, 2.24) is 4.90 Å². The molecule has 19 heavy (non-hydrogen) atoms. The van der Waals surface area contributed by atoms with E-state index in [9.17, 15) is 0 Å². The van der Waals surface area contributed by atoms with Crippen molar-refractivity contribution in [1.29, 1.82) is 0 Å². The minimum absolute atomic E-state index is 0.723. The summed E-state index contributed by atoms with van der Waals surface area (Å²) in [5, 5.41) is 0.723. The number of ether oxygens (including phenoxy) is 1. The zero-order valence-electron chi connectivity index (χ0n) is 12.6. The second kappa shape index (κ2) is 8.44. The van der Waals surface area contributed by atoms with Gasteiger partial charge in [-0.25, -0.2) is 0 Å². The van der Waals surface area contributed by atoms with Crippen molar-refractivity contribution in [2.24, 2.45) is 0 Å². The fourth-order valence-corrected chi connectivity index (χ4v) is 2.61. The minimum Gasteiger partial charge on any atom is -0.492 e. The van der Waals surface area contributed by atoms with Gasteiger partial charge in [0.2, 0.25) is 0 Å². The molecule has 1 rings (SSSR count). The Morgan fingerprint density at radius 3 is 2.37 bits per heavy atom. The average molecular weight is 284 g/mol. The number of benzene rings is 1. The van der Waals surface area contributed by atoms with Crippen LogP contribution in [0.2, 0.25) is 5.02 Å². The highest BCUT2D eigenvalue weighted by atomic mass is 35.5. The topological polar surface area (TPSA) is 12.5 Å². The van der Waals surface area contributed by atoms with Crippen LogP contribution in [0.3, 0.4) is 0 Å². The molecule has 0 aliphatic heterocycles. The Balaban J connectivity index is 2.34. The third-order valence-electron chi connectivity index (χ3n) is 3.38. The summed E-state index contributed by atoms with van der Waals surface area (Å²) in [5.74, 6) is 0.843. The van der Waals surface area contributed by atoms with Crippen LogP contribution in [0.5, 0.6) is 5.75 Å². The first-order valence-corrected chi connectivity index (χ1v) is 7.58. The van der Waals surface area contributed by atoms with Crippen molar-refractivity contribution in [2.45, 2.75) is 40.5 Å². The summed E-state index contributed by atoms with van der Waals surface area (Å²) >= 11 is 6.21. The Kier molecular flexibility index (Phi) is 7.25. The van der Waals surface area contributed by atoms with Gasteiger partial charge >= 0.3 is 0 Å². The third-order valence-corrected chi connectivity index (χ3v) is 3.66. The predicted octanol–water partition coefficient (Wildman–Crippen LogP) is 4.46. The smallest absolute Gasteiger partial charge is 0.140 e. The van der Waals surface area contributed by atoms with E-state index in [-0.39, 0.29) is 0 Å². The van der Waals surface area contributed by atoms with Gasteiger partial charge in [0.15, 0.2) is 0 Å². The van der Waals surface area contributed by atoms with E-state index in [1.807, 2.05) is 19.9 Å². The SMILES string of the molecule is CCN(CC)CCCCOc1c(C)cc(C)cc1Cl. The second-order valence-electron chi connectivity index (χ2n) is 4.98. The van der Waals surface area contributed by atoms with Crippen LogP contribution in [0, 0.1) is 13.8 Å². The maximum Gasteiger partial charge on any atom is 0.140 e. The van der Waals surface area contributed by atoms with Crippen molar-refractivity contribution >= 4 is 11.6 Å². The molecule has 0 saturated heterocycles. The Hall–Kier alpha value is -0.730. The number of unbranched alkanes of at least 4 members (excludes halogenated alkanes) is 1. The summed E-state index contributed by atoms with van der Waals surface area (Å²) in [7, 11) is 0. The standard InChI is InChI=1S/C16H26ClNO/c1-5-18(6-2)9-7-8-10-19-16-14(4)11-13(3)12-15(16)17/h11-12H,5-10H2,1-4H3. The number of hydrogen-bond donors (Lipinski definition) is 0. The third kappa shape index (κ3) is 5.42. The highest BCUT2D eigenvalue weighted by Gasteiger charge is 2.06. The number of aryl methyl sites for hydroxylation is 2. The Morgan fingerprint density at radius 2 is 1.79 bits per heavy atom. The number of halogens is 1. The Labute approximate surface area is 122 Å². The van der Waals surface area contributed by atoms with Crippen LogP contribution in [0.4, 0.5) is 0 Å². The maximum atomic E-state index is 6.21. The van der Waals surface area contributed by atoms with Gasteiger partial charge in [-0.2, -0.15) is 0 Å². The zero-order valence-corrected chi connectivity index (χ0v) is 13.4. The quantitative estimate of drug-likeness (QED) is 0.653. The molecule has 0 atom stereocenters. The molecule has 0 aromatic heterocycles. The van der Waals surface area contributed by atoms with Gasteiger partial charge in [0.25, 0.3) is 0 Å². The van der Waals surface area contributed by atoms with Gasteiger partial charge in [-0.1, -0.05) is 31.5 Å². The summed E-state index contributed by atoms with van der Waals surface area (Å²) in [4.78, 5) is 2.43. The van der Waals surface area contributed by atoms with Crippen molar-refractivity contribution < 1.29 is 4.74 Å². The zero-order chi connectivity index (χ0) is 14.3. The van der Waals surface area contributed by atoms with Crippen LogP contribution in [-0.2, 0) is 0 Å². The molecule has 0 aliphatic rings. The second-order valence-corrected chi connectivity index (χ2v) is 5.38. The van der Waals surface area contributed by atoms with Crippen LogP contribution >= 0.6 is 11.6 Å². The molecule has 108 valence electrons. The van der Waals surface area contributed by atoms with Crippen molar-refractivity contribution in [3.05, 3.63) is 28.3 Å². The molecular formula is C16H26ClNO. The molecule has 2 nitrogen and oxygen atoms in total. The van der Waals surface area contributed by atoms with Gasteiger partial charge in [-0.05, 0) is 63.5 Å². The molecule has 0 fully saturated rings. The van der Waals surface area contributed by atoms with E-state index in [1.165, 1.54) is 12.0 Å². The van der Waals surface area contributed by atoms with E-state index in [0.717, 1.165) is 49.0 Å². The lowest BCUT2D eigenvalue weighted by molar-refractivity contribution is 0.265. The lowest BCUT2D eigenvalue weighted by Crippen LogP contribution is -2.24. The van der Waals surface area contributed by atoms with Crippen LogP contribution < -0.4 is 4.74 Å². The molecule has 1 aromatic carbocycles. The average Bonchev–Trinajstić information content (AvgIpc) is 2.36. The van der Waals surface area contributed by atoms with Crippen molar-refractivity contribution in [3.63, 3.8) is 0 Å². The van der Waals surface area contributed by atoms with Crippen molar-refractivity contribution in [2.75, 3.05) is 26.2 Å². The summed E-state index contributed by atoms with van der Waals surface area (Å²) in [6, 6.07) is 4.07. The van der Waals surface area contributed by atoms with Gasteiger partial charge < -0.3 is 9.64 Å². The molecule has 0 bridgehead atoms. The highest BCUT2D eigenvalue weighted by Crippen LogP contribution is 2.29. The summed E-state index contributed by atoms with van der Waals surface area (Å²) in [6.07, 6.45) is 2.24. The largest absolute Gasteiger partial charge is 0.492 e. The van der Waals surface area contributed by atoms with Crippen LogP contribution in [0.1, 0.15) is 37.8 Å². The number of rotatable bonds is 8. The van der Waals surface area contributed by atoms with Crippen LogP contribution in [-0.4, -0.2) is 31.1 Å². The van der Waals surface area contributed by atoms with Gasteiger partial charge in [0.05, 0.1) is 11.6 Å². The van der Waals surface area contributed by atoms with E-state index in [4.69, 9.17) is 16.3 Å². The molecule has 3 heteroatoms. The van der Waals surface area contributed by atoms with Gasteiger partial charge in [0, 0.05) is 0 Å². The van der Waals surface area contributed by atoms with E-state index in [1.54, 1.807) is 0 Å². The Bertz CT molecular complexity index is 365. The molecule has 0 spiro atoms. The molecule has 0 heterocycles. The molecule has 1 aromatic rings. The number of hydrogen-bond acceptors (Lipinski definition) is 2. The molecule has 0 saturated carbocycles. The van der Waals surface area contributed by atoms with Crippen molar-refractivity contribution in [3.8, 4) is 5.75 Å². The summed E-state index contributed by atoms with van der Waals surface area (Å²) < 4.78 is 5.82. The lowest BCUT2D eigenvalue weighted by Gasteiger charge is -2.18. The van der Waals surface area contributed by atoms with Gasteiger partial charge in [0.1, 0.15) is 5.75 Å². The first-order chi connectivity index (χ1) is 9.08. The van der Waals surface area contributed by atoms with Crippen LogP contribution in [0.15, 0.2) is 12.1 Å². The molecule has 0 amide bonds. The highest BCUT2D eigenvalue weighted by molar-refractivity contribution is 6.32. The summed E-state index contributed by atoms with van der Waals surface area (Å²) in [5.41, 5.74) is 2.30. The number of nitrogens with zero attached hydrogens (tertiary/aromatic N) is 1. The van der Waals surface area contributed by atoms with Gasteiger partial charge in [-0.3, -0.25) is 0 Å². The van der Waals surface area contributed by atoms with E-state index in [2.05, 4.69) is 24.8 Å². The molecule has 0 N–H and O–H groups in total. The molecular weight excluding hydrogens is 258 g/mol. The Morgan fingerprint density at radius 1 is 1.11 bits per heavy atom. The molecule has 0 radical (unpaired) electrons. The minimum atomic E-state index is 0.723. The monoisotopic (exact) mass is 283 g/mol. The first kappa shape index (κ1) is 16.3. The normalized spacial score (nSPS) is 11.1. The summed E-state index contributed by atoms with van der Waals surface area (Å²) in [6.45, 7) is 12.6. The maximum absolute atomic E-state index is 6.21. The first-order valence-electron chi connectivity index (χ1n) is 7.20. The van der Waals surface area contributed by atoms with E-state index >= 15 is 0 Å². The lowest BCUT2D eigenvalue weighted by atomic mass is 10.1. The van der Waals surface area contributed by atoms with E-state index < -0.39 is 0 Å².